The van der Waals surface area contributed by atoms with E-state index in [2.05, 4.69) is 22.6 Å². The van der Waals surface area contributed by atoms with Crippen molar-refractivity contribution >= 4 is 22.6 Å². The molecule has 0 aromatic rings. The van der Waals surface area contributed by atoms with Crippen molar-refractivity contribution in [1.29, 1.82) is 0 Å². The third kappa shape index (κ3) is 2.82. The number of alkyl halides is 1. The van der Waals surface area contributed by atoms with Crippen LogP contribution in [0.1, 0.15) is 44.9 Å². The maximum atomic E-state index is 5.99. The molecule has 0 spiro atoms. The first-order chi connectivity index (χ1) is 6.36. The van der Waals surface area contributed by atoms with E-state index in [9.17, 15) is 0 Å². The molecule has 76 valence electrons. The fourth-order valence-corrected chi connectivity index (χ4v) is 3.51. The molecule has 2 aliphatic carbocycles. The molecule has 1 nitrogen and oxygen atoms in total. The first-order valence-electron chi connectivity index (χ1n) is 5.62. The summed E-state index contributed by atoms with van der Waals surface area (Å²) in [7, 11) is 0. The van der Waals surface area contributed by atoms with Crippen LogP contribution in [0.5, 0.6) is 0 Å². The molecule has 2 unspecified atom stereocenters. The molecule has 0 bridgehead atoms. The average Bonchev–Trinajstić information content (AvgIpc) is 2.72. The Morgan fingerprint density at radius 2 is 1.77 bits per heavy atom. The predicted molar refractivity (Wildman–Crippen MR) is 63.4 cm³/mol. The second kappa shape index (κ2) is 4.96. The van der Waals surface area contributed by atoms with Gasteiger partial charge in [0.15, 0.2) is 0 Å². The zero-order valence-corrected chi connectivity index (χ0v) is 10.3. The van der Waals surface area contributed by atoms with E-state index >= 15 is 0 Å². The van der Waals surface area contributed by atoms with Gasteiger partial charge in [-0.3, -0.25) is 0 Å². The maximum absolute atomic E-state index is 5.99. The van der Waals surface area contributed by atoms with Crippen LogP contribution in [0.15, 0.2) is 0 Å². The number of halogens is 1. The summed E-state index contributed by atoms with van der Waals surface area (Å²) in [6, 6.07) is 0. The SMILES string of the molecule is IC1CCCC1OCC1CCCC1. The highest BCUT2D eigenvalue weighted by Gasteiger charge is 2.26. The number of hydrogen-bond donors (Lipinski definition) is 0. The average molecular weight is 294 g/mol. The lowest BCUT2D eigenvalue weighted by atomic mass is 10.1. The van der Waals surface area contributed by atoms with Gasteiger partial charge in [0.05, 0.1) is 6.10 Å². The molecular weight excluding hydrogens is 275 g/mol. The van der Waals surface area contributed by atoms with Crippen LogP contribution in [-0.2, 0) is 4.74 Å². The Hall–Kier alpha value is 0.690. The standard InChI is InChI=1S/C11H19IO/c12-10-6-3-7-11(10)13-8-9-4-1-2-5-9/h9-11H,1-8H2. The van der Waals surface area contributed by atoms with Crippen LogP contribution in [-0.4, -0.2) is 16.6 Å². The summed E-state index contributed by atoms with van der Waals surface area (Å²) < 4.78 is 6.78. The smallest absolute Gasteiger partial charge is 0.0692 e. The molecule has 0 aromatic carbocycles. The quantitative estimate of drug-likeness (QED) is 0.571. The highest BCUT2D eigenvalue weighted by atomic mass is 127. The van der Waals surface area contributed by atoms with Gasteiger partial charge in [0.25, 0.3) is 0 Å². The van der Waals surface area contributed by atoms with Gasteiger partial charge in [-0.05, 0) is 38.0 Å². The van der Waals surface area contributed by atoms with E-state index in [1.807, 2.05) is 0 Å². The van der Waals surface area contributed by atoms with E-state index < -0.39 is 0 Å². The molecule has 2 heteroatoms. The van der Waals surface area contributed by atoms with Crippen LogP contribution in [0, 0.1) is 5.92 Å². The largest absolute Gasteiger partial charge is 0.377 e. The van der Waals surface area contributed by atoms with Gasteiger partial charge in [-0.1, -0.05) is 35.4 Å². The lowest BCUT2D eigenvalue weighted by molar-refractivity contribution is 0.0400. The molecule has 2 saturated carbocycles. The molecule has 2 atom stereocenters. The topological polar surface area (TPSA) is 9.23 Å². The van der Waals surface area contributed by atoms with E-state index in [0.29, 0.717) is 6.10 Å². The second-order valence-electron chi connectivity index (χ2n) is 4.47. The zero-order valence-electron chi connectivity index (χ0n) is 8.18. The van der Waals surface area contributed by atoms with Crippen LogP contribution in [0.25, 0.3) is 0 Å². The summed E-state index contributed by atoms with van der Waals surface area (Å²) in [4.78, 5) is 0. The van der Waals surface area contributed by atoms with E-state index in [1.54, 1.807) is 0 Å². The molecule has 2 aliphatic rings. The lowest BCUT2D eigenvalue weighted by Gasteiger charge is -2.18. The minimum Gasteiger partial charge on any atom is -0.377 e. The van der Waals surface area contributed by atoms with Crippen LogP contribution < -0.4 is 0 Å². The molecule has 0 saturated heterocycles. The summed E-state index contributed by atoms with van der Waals surface area (Å²) in [6.45, 7) is 1.05. The van der Waals surface area contributed by atoms with Gasteiger partial charge in [-0.2, -0.15) is 0 Å². The van der Waals surface area contributed by atoms with Crippen LogP contribution in [0.3, 0.4) is 0 Å². The molecule has 13 heavy (non-hydrogen) atoms. The monoisotopic (exact) mass is 294 g/mol. The first kappa shape index (κ1) is 10.2. The highest BCUT2D eigenvalue weighted by molar-refractivity contribution is 14.1. The van der Waals surface area contributed by atoms with Crippen molar-refractivity contribution in [3.63, 3.8) is 0 Å². The van der Waals surface area contributed by atoms with Gasteiger partial charge >= 0.3 is 0 Å². The Balaban J connectivity index is 1.66. The van der Waals surface area contributed by atoms with Gasteiger partial charge in [0.2, 0.25) is 0 Å². The molecule has 0 heterocycles. The van der Waals surface area contributed by atoms with Crippen molar-refractivity contribution in [2.45, 2.75) is 55.0 Å². The van der Waals surface area contributed by atoms with Crippen molar-refractivity contribution in [3.05, 3.63) is 0 Å². The normalized spacial score (nSPS) is 35.8. The van der Waals surface area contributed by atoms with E-state index in [4.69, 9.17) is 4.74 Å². The van der Waals surface area contributed by atoms with Crippen molar-refractivity contribution in [1.82, 2.24) is 0 Å². The molecule has 0 N–H and O–H groups in total. The lowest BCUT2D eigenvalue weighted by Crippen LogP contribution is -2.20. The Morgan fingerprint density at radius 3 is 2.38 bits per heavy atom. The Labute approximate surface area is 94.8 Å². The summed E-state index contributed by atoms with van der Waals surface area (Å²) >= 11 is 2.56. The maximum Gasteiger partial charge on any atom is 0.0692 e. The summed E-state index contributed by atoms with van der Waals surface area (Å²) in [5.41, 5.74) is 0. The third-order valence-electron chi connectivity index (χ3n) is 3.39. The Bertz CT molecular complexity index is 154. The van der Waals surface area contributed by atoms with Gasteiger partial charge in [0, 0.05) is 10.5 Å². The molecule has 0 aromatic heterocycles. The van der Waals surface area contributed by atoms with Gasteiger partial charge in [-0.25, -0.2) is 0 Å². The van der Waals surface area contributed by atoms with Gasteiger partial charge in [0.1, 0.15) is 0 Å². The second-order valence-corrected chi connectivity index (χ2v) is 6.07. The van der Waals surface area contributed by atoms with Crippen LogP contribution >= 0.6 is 22.6 Å². The van der Waals surface area contributed by atoms with Crippen LogP contribution in [0.4, 0.5) is 0 Å². The number of hydrogen-bond acceptors (Lipinski definition) is 1. The van der Waals surface area contributed by atoms with Crippen molar-refractivity contribution in [3.8, 4) is 0 Å². The predicted octanol–water partition coefficient (Wildman–Crippen LogP) is 3.55. The van der Waals surface area contributed by atoms with E-state index in [-0.39, 0.29) is 0 Å². The minimum absolute atomic E-state index is 0.584. The fraction of sp³-hybridized carbons (Fsp3) is 1.00. The Morgan fingerprint density at radius 1 is 1.00 bits per heavy atom. The molecule has 0 aliphatic heterocycles. The molecule has 0 amide bonds. The van der Waals surface area contributed by atoms with Gasteiger partial charge < -0.3 is 4.74 Å². The third-order valence-corrected chi connectivity index (χ3v) is 4.82. The molecule has 0 radical (unpaired) electrons. The molecule has 2 rings (SSSR count). The van der Waals surface area contributed by atoms with Crippen molar-refractivity contribution < 1.29 is 4.74 Å². The van der Waals surface area contributed by atoms with Crippen molar-refractivity contribution in [2.24, 2.45) is 5.92 Å². The number of ether oxygens (including phenoxy) is 1. The first-order valence-corrected chi connectivity index (χ1v) is 6.86. The molecular formula is C11H19IO. The Kier molecular flexibility index (Phi) is 3.90. The minimum atomic E-state index is 0.584. The van der Waals surface area contributed by atoms with E-state index in [1.165, 1.54) is 44.9 Å². The van der Waals surface area contributed by atoms with Gasteiger partial charge in [-0.15, -0.1) is 0 Å². The molecule has 2 fully saturated rings. The summed E-state index contributed by atoms with van der Waals surface area (Å²) in [5.74, 6) is 0.893. The van der Waals surface area contributed by atoms with E-state index in [0.717, 1.165) is 16.4 Å². The summed E-state index contributed by atoms with van der Waals surface area (Å²) in [5, 5.41) is 0. The zero-order chi connectivity index (χ0) is 9.10. The van der Waals surface area contributed by atoms with Crippen molar-refractivity contribution in [2.75, 3.05) is 6.61 Å². The van der Waals surface area contributed by atoms with Crippen LogP contribution in [0.2, 0.25) is 0 Å². The fourth-order valence-electron chi connectivity index (χ4n) is 2.51. The summed E-state index contributed by atoms with van der Waals surface area (Å²) in [6.07, 6.45) is 10.3. The highest BCUT2D eigenvalue weighted by Crippen LogP contribution is 2.31. The number of rotatable bonds is 3.